The fourth-order valence-electron chi connectivity index (χ4n) is 1.22. The first-order valence-electron chi connectivity index (χ1n) is 4.10. The van der Waals surface area contributed by atoms with Crippen LogP contribution in [0.15, 0.2) is 12.5 Å². The average Bonchev–Trinajstić information content (AvgIpc) is 2.58. The molecule has 6 heteroatoms. The topological polar surface area (TPSA) is 53.6 Å². The summed E-state index contributed by atoms with van der Waals surface area (Å²) in [5, 5.41) is 4.18. The van der Waals surface area contributed by atoms with E-state index in [1.165, 1.54) is 6.33 Å². The molecule has 0 aliphatic heterocycles. The second kappa shape index (κ2) is 4.31. The van der Waals surface area contributed by atoms with Gasteiger partial charge in [-0.2, -0.15) is 0 Å². The van der Waals surface area contributed by atoms with Crippen molar-refractivity contribution in [2.75, 3.05) is 17.7 Å². The van der Waals surface area contributed by atoms with Crippen molar-refractivity contribution >= 4 is 51.0 Å². The molecule has 2 aromatic rings. The van der Waals surface area contributed by atoms with Crippen molar-refractivity contribution in [3.8, 4) is 0 Å². The van der Waals surface area contributed by atoms with Crippen molar-refractivity contribution < 1.29 is 0 Å². The number of hydrogen-bond acceptors (Lipinski definition) is 3. The van der Waals surface area contributed by atoms with Crippen molar-refractivity contribution in [2.45, 2.75) is 0 Å². The van der Waals surface area contributed by atoms with Crippen LogP contribution in [0, 0.1) is 3.57 Å². The molecule has 0 radical (unpaired) electrons. The van der Waals surface area contributed by atoms with Gasteiger partial charge in [-0.3, -0.25) is 0 Å². The standard InChI is InChI=1S/C8H8ClIN4/c9-1-2-11-7-6-5(10)3-12-8(6)14-4-13-7/h3-4H,1-2H2,(H2,11,12,13,14). The van der Waals surface area contributed by atoms with Crippen LogP contribution in [0.2, 0.25) is 0 Å². The number of fused-ring (bicyclic) bond motifs is 1. The van der Waals surface area contributed by atoms with E-state index in [4.69, 9.17) is 11.6 Å². The third-order valence-corrected chi connectivity index (χ3v) is 2.85. The molecule has 0 saturated heterocycles. The van der Waals surface area contributed by atoms with Crippen LogP contribution in [-0.4, -0.2) is 27.4 Å². The number of halogens is 2. The smallest absolute Gasteiger partial charge is 0.143 e. The van der Waals surface area contributed by atoms with E-state index in [-0.39, 0.29) is 0 Å². The zero-order chi connectivity index (χ0) is 9.97. The maximum atomic E-state index is 5.60. The van der Waals surface area contributed by atoms with Crippen molar-refractivity contribution in [2.24, 2.45) is 0 Å². The van der Waals surface area contributed by atoms with Crippen LogP contribution in [0.1, 0.15) is 0 Å². The normalized spacial score (nSPS) is 10.7. The Hall–Kier alpha value is -0.560. The Kier molecular flexibility index (Phi) is 3.07. The Morgan fingerprint density at radius 2 is 2.36 bits per heavy atom. The summed E-state index contributed by atoms with van der Waals surface area (Å²) in [5.41, 5.74) is 0.849. The lowest BCUT2D eigenvalue weighted by atomic mass is 10.4. The van der Waals surface area contributed by atoms with Crippen LogP contribution >= 0.6 is 34.2 Å². The van der Waals surface area contributed by atoms with Crippen LogP contribution in [0.4, 0.5) is 5.82 Å². The van der Waals surface area contributed by atoms with Gasteiger partial charge in [0.25, 0.3) is 0 Å². The fourth-order valence-corrected chi connectivity index (χ4v) is 1.99. The number of H-pyrrole nitrogens is 1. The van der Waals surface area contributed by atoms with Gasteiger partial charge in [-0.05, 0) is 22.6 Å². The molecule has 2 heterocycles. The lowest BCUT2D eigenvalue weighted by Gasteiger charge is -2.03. The molecular formula is C8H8ClIN4. The van der Waals surface area contributed by atoms with E-state index in [1.54, 1.807) is 0 Å². The third-order valence-electron chi connectivity index (χ3n) is 1.81. The Morgan fingerprint density at radius 1 is 1.50 bits per heavy atom. The number of aromatic amines is 1. The van der Waals surface area contributed by atoms with Gasteiger partial charge in [-0.15, -0.1) is 11.6 Å². The molecule has 0 spiro atoms. The molecule has 0 atom stereocenters. The van der Waals surface area contributed by atoms with E-state index in [0.717, 1.165) is 20.4 Å². The fraction of sp³-hybridized carbons (Fsp3) is 0.250. The van der Waals surface area contributed by atoms with Gasteiger partial charge in [-0.25, -0.2) is 9.97 Å². The maximum absolute atomic E-state index is 5.60. The molecule has 4 nitrogen and oxygen atoms in total. The first-order chi connectivity index (χ1) is 6.83. The van der Waals surface area contributed by atoms with E-state index in [0.29, 0.717) is 12.4 Å². The number of rotatable bonds is 3. The van der Waals surface area contributed by atoms with E-state index in [1.807, 2.05) is 6.20 Å². The van der Waals surface area contributed by atoms with E-state index >= 15 is 0 Å². The van der Waals surface area contributed by atoms with Gasteiger partial charge in [0.15, 0.2) is 0 Å². The number of nitrogens with one attached hydrogen (secondary N) is 2. The van der Waals surface area contributed by atoms with E-state index < -0.39 is 0 Å². The molecule has 0 fully saturated rings. The maximum Gasteiger partial charge on any atom is 0.143 e. The second-order valence-electron chi connectivity index (χ2n) is 2.70. The van der Waals surface area contributed by atoms with Crippen LogP contribution in [0.5, 0.6) is 0 Å². The van der Waals surface area contributed by atoms with Gasteiger partial charge < -0.3 is 10.3 Å². The molecule has 2 N–H and O–H groups in total. The summed E-state index contributed by atoms with van der Waals surface area (Å²) in [4.78, 5) is 11.4. The molecule has 2 aromatic heterocycles. The molecule has 0 saturated carbocycles. The monoisotopic (exact) mass is 322 g/mol. The Bertz CT molecular complexity index is 442. The molecular weight excluding hydrogens is 314 g/mol. The lowest BCUT2D eigenvalue weighted by molar-refractivity contribution is 1.14. The van der Waals surface area contributed by atoms with Gasteiger partial charge in [0, 0.05) is 22.2 Å². The largest absolute Gasteiger partial charge is 0.368 e. The Labute approximate surface area is 99.6 Å². The molecule has 0 amide bonds. The lowest BCUT2D eigenvalue weighted by Crippen LogP contribution is -2.05. The molecule has 0 aromatic carbocycles. The van der Waals surface area contributed by atoms with Gasteiger partial charge >= 0.3 is 0 Å². The third kappa shape index (κ3) is 1.78. The minimum absolute atomic E-state index is 0.562. The van der Waals surface area contributed by atoms with Gasteiger partial charge in [0.05, 0.1) is 5.39 Å². The molecule has 0 aliphatic carbocycles. The molecule has 74 valence electrons. The van der Waals surface area contributed by atoms with Crippen LogP contribution < -0.4 is 5.32 Å². The Balaban J connectivity index is 2.46. The van der Waals surface area contributed by atoms with Crippen LogP contribution in [-0.2, 0) is 0 Å². The molecule has 0 unspecified atom stereocenters. The molecule has 0 bridgehead atoms. The highest BCUT2D eigenvalue weighted by Gasteiger charge is 2.07. The highest BCUT2D eigenvalue weighted by molar-refractivity contribution is 14.1. The summed E-state index contributed by atoms with van der Waals surface area (Å²) < 4.78 is 1.11. The average molecular weight is 323 g/mol. The van der Waals surface area contributed by atoms with Gasteiger partial charge in [0.2, 0.25) is 0 Å². The number of nitrogens with zero attached hydrogens (tertiary/aromatic N) is 2. The predicted molar refractivity (Wildman–Crippen MR) is 65.8 cm³/mol. The minimum Gasteiger partial charge on any atom is -0.368 e. The van der Waals surface area contributed by atoms with Gasteiger partial charge in [0.1, 0.15) is 17.8 Å². The van der Waals surface area contributed by atoms with Crippen molar-refractivity contribution in [1.29, 1.82) is 0 Å². The highest BCUT2D eigenvalue weighted by Crippen LogP contribution is 2.23. The summed E-state index contributed by atoms with van der Waals surface area (Å²) in [6.45, 7) is 0.703. The zero-order valence-electron chi connectivity index (χ0n) is 7.22. The molecule has 14 heavy (non-hydrogen) atoms. The summed E-state index contributed by atoms with van der Waals surface area (Å²) in [5.74, 6) is 1.40. The summed E-state index contributed by atoms with van der Waals surface area (Å²) in [6, 6.07) is 0. The van der Waals surface area contributed by atoms with Crippen molar-refractivity contribution in [1.82, 2.24) is 15.0 Å². The minimum atomic E-state index is 0.562. The van der Waals surface area contributed by atoms with Crippen LogP contribution in [0.3, 0.4) is 0 Å². The van der Waals surface area contributed by atoms with Crippen molar-refractivity contribution in [3.05, 3.63) is 16.1 Å². The second-order valence-corrected chi connectivity index (χ2v) is 4.24. The summed E-state index contributed by atoms with van der Waals surface area (Å²) in [6.07, 6.45) is 3.44. The first kappa shape index (κ1) is 9.97. The zero-order valence-corrected chi connectivity index (χ0v) is 10.1. The molecule has 0 aliphatic rings. The number of aromatic nitrogens is 3. The number of alkyl halides is 1. The SMILES string of the molecule is ClCCNc1ncnc2[nH]cc(I)c12. The molecule has 2 rings (SSSR count). The summed E-state index contributed by atoms with van der Waals surface area (Å²) in [7, 11) is 0. The van der Waals surface area contributed by atoms with Crippen molar-refractivity contribution in [3.63, 3.8) is 0 Å². The Morgan fingerprint density at radius 3 is 3.14 bits per heavy atom. The first-order valence-corrected chi connectivity index (χ1v) is 5.71. The van der Waals surface area contributed by atoms with Crippen LogP contribution in [0.25, 0.3) is 11.0 Å². The number of anilines is 1. The summed E-state index contributed by atoms with van der Waals surface area (Å²) >= 11 is 7.85. The van der Waals surface area contributed by atoms with Gasteiger partial charge in [-0.1, -0.05) is 0 Å². The van der Waals surface area contributed by atoms with E-state index in [9.17, 15) is 0 Å². The van der Waals surface area contributed by atoms with E-state index in [2.05, 4.69) is 42.9 Å². The predicted octanol–water partition coefficient (Wildman–Crippen LogP) is 2.21. The number of hydrogen-bond donors (Lipinski definition) is 2. The quantitative estimate of drug-likeness (QED) is 0.673. The highest BCUT2D eigenvalue weighted by atomic mass is 127.